The first-order valence-corrected chi connectivity index (χ1v) is 14.4. The summed E-state index contributed by atoms with van der Waals surface area (Å²) in [6, 6.07) is 12.4. The molecule has 1 aliphatic heterocycles. The van der Waals surface area contributed by atoms with Gasteiger partial charge in [0.25, 0.3) is 0 Å². The number of carboxylic acids is 1. The van der Waals surface area contributed by atoms with Crippen molar-refractivity contribution in [1.82, 2.24) is 9.55 Å². The van der Waals surface area contributed by atoms with Crippen molar-refractivity contribution in [3.63, 3.8) is 0 Å². The van der Waals surface area contributed by atoms with Crippen LogP contribution >= 0.6 is 0 Å². The predicted octanol–water partition coefficient (Wildman–Crippen LogP) is 3.95. The van der Waals surface area contributed by atoms with Crippen molar-refractivity contribution in [3.8, 4) is 11.6 Å². The van der Waals surface area contributed by atoms with E-state index in [4.69, 9.17) is 4.74 Å². The van der Waals surface area contributed by atoms with Gasteiger partial charge in [-0.3, -0.25) is 9.52 Å². The Kier molecular flexibility index (Phi) is 7.19. The van der Waals surface area contributed by atoms with Crippen LogP contribution in [0.5, 0.6) is 5.88 Å². The van der Waals surface area contributed by atoms with Gasteiger partial charge in [0, 0.05) is 41.3 Å². The van der Waals surface area contributed by atoms with E-state index >= 15 is 4.39 Å². The zero-order valence-corrected chi connectivity index (χ0v) is 22.6. The molecule has 0 amide bonds. The quantitative estimate of drug-likeness (QED) is 0.328. The monoisotopic (exact) mass is 566 g/mol. The number of carbonyl (C=O) groups is 1. The lowest BCUT2D eigenvalue weighted by atomic mass is 10.1. The lowest BCUT2D eigenvalue weighted by Crippen LogP contribution is -2.35. The number of carboxylic acid groups (broad SMARTS) is 1. The minimum absolute atomic E-state index is 0.0874. The molecule has 5 rings (SSSR count). The van der Waals surface area contributed by atoms with Crippen molar-refractivity contribution in [1.29, 1.82) is 0 Å². The van der Waals surface area contributed by atoms with Crippen molar-refractivity contribution in [2.45, 2.75) is 25.8 Å². The van der Waals surface area contributed by atoms with Crippen molar-refractivity contribution in [2.75, 3.05) is 29.0 Å². The number of nitrogens with zero attached hydrogens (tertiary/aromatic N) is 3. The van der Waals surface area contributed by atoms with Gasteiger partial charge in [0.1, 0.15) is 18.0 Å². The number of anilines is 2. The Morgan fingerprint density at radius 3 is 2.65 bits per heavy atom. The first-order valence-electron chi connectivity index (χ1n) is 12.5. The maximum atomic E-state index is 15.6. The Balaban J connectivity index is 1.57. The smallest absolute Gasteiger partial charge is 0.341 e. The zero-order valence-electron chi connectivity index (χ0n) is 21.8. The number of halogens is 1. The minimum atomic E-state index is -3.50. The Labute approximate surface area is 229 Å². The van der Waals surface area contributed by atoms with E-state index in [0.717, 1.165) is 30.7 Å². The molecule has 2 N–H and O–H groups in total. The summed E-state index contributed by atoms with van der Waals surface area (Å²) < 4.78 is 48.6. The summed E-state index contributed by atoms with van der Waals surface area (Å²) in [6.45, 7) is 2.75. The van der Waals surface area contributed by atoms with Gasteiger partial charge >= 0.3 is 5.97 Å². The number of aryl methyl sites for hydroxylation is 1. The number of benzene rings is 2. The molecule has 208 valence electrons. The number of hydrogen-bond acceptors (Lipinski definition) is 7. The van der Waals surface area contributed by atoms with E-state index in [1.165, 1.54) is 22.9 Å². The molecule has 40 heavy (non-hydrogen) atoms. The van der Waals surface area contributed by atoms with Gasteiger partial charge in [-0.2, -0.15) is 0 Å². The number of rotatable bonds is 8. The van der Waals surface area contributed by atoms with E-state index in [2.05, 4.69) is 9.71 Å². The second kappa shape index (κ2) is 10.6. The van der Waals surface area contributed by atoms with E-state index in [1.54, 1.807) is 24.4 Å². The average Bonchev–Trinajstić information content (AvgIpc) is 3.36. The fourth-order valence-corrected chi connectivity index (χ4v) is 5.51. The molecule has 0 radical (unpaired) electrons. The second-order valence-corrected chi connectivity index (χ2v) is 11.5. The van der Waals surface area contributed by atoms with Gasteiger partial charge in [-0.15, -0.1) is 0 Å². The maximum absolute atomic E-state index is 15.6. The number of ether oxygens (including phenoxy) is 1. The number of aromatic carboxylic acids is 1. The third-order valence-corrected chi connectivity index (χ3v) is 7.42. The van der Waals surface area contributed by atoms with Gasteiger partial charge in [-0.05, 0) is 62.2 Å². The molecule has 0 unspecified atom stereocenters. The zero-order chi connectivity index (χ0) is 28.6. The number of hydrogen-bond donors (Lipinski definition) is 2. The third-order valence-electron chi connectivity index (χ3n) is 6.81. The average molecular weight is 567 g/mol. The molecule has 2 aromatic heterocycles. The highest BCUT2D eigenvalue weighted by Crippen LogP contribution is 2.32. The van der Waals surface area contributed by atoms with Crippen LogP contribution in [0.2, 0.25) is 0 Å². The molecule has 0 saturated carbocycles. The van der Waals surface area contributed by atoms with E-state index in [1.807, 2.05) is 24.0 Å². The molecule has 12 heteroatoms. The van der Waals surface area contributed by atoms with Gasteiger partial charge in [-0.1, -0.05) is 6.07 Å². The normalized spacial score (nSPS) is 15.4. The van der Waals surface area contributed by atoms with Crippen LogP contribution < -0.4 is 19.8 Å². The van der Waals surface area contributed by atoms with E-state index in [9.17, 15) is 23.1 Å². The van der Waals surface area contributed by atoms with E-state index < -0.39 is 32.8 Å². The molecule has 1 atom stereocenters. The SMILES string of the molecule is Cc1cccnc1OC[C@H]1CCCN1c1cc2c(cc1F)c(=O)c(C(=O)O)cn2-c1ccc(NS(C)(=O)=O)cc1. The standard InChI is InChI=1S/C28H27FN4O6S/c1-17-5-3-11-30-27(17)39-16-20-6-4-12-32(20)25-14-24-21(13-23(25)29)26(34)22(28(35)36)15-33(24)19-9-7-18(8-10-19)31-40(2,37)38/h3,5,7-11,13-15,20,31H,4,6,12,16H2,1-2H3,(H,35,36)/t20-/m1/s1. The largest absolute Gasteiger partial charge is 0.477 e. The lowest BCUT2D eigenvalue weighted by molar-refractivity contribution is 0.0695. The van der Waals surface area contributed by atoms with Crippen molar-refractivity contribution >= 4 is 38.3 Å². The molecule has 0 spiro atoms. The molecular weight excluding hydrogens is 539 g/mol. The summed E-state index contributed by atoms with van der Waals surface area (Å²) in [6.07, 6.45) is 5.45. The van der Waals surface area contributed by atoms with Crippen LogP contribution in [0.25, 0.3) is 16.6 Å². The first kappa shape index (κ1) is 27.1. The van der Waals surface area contributed by atoms with Gasteiger partial charge in [-0.25, -0.2) is 22.6 Å². The molecule has 1 fully saturated rings. The maximum Gasteiger partial charge on any atom is 0.341 e. The number of pyridine rings is 2. The molecular formula is C28H27FN4O6S. The van der Waals surface area contributed by atoms with Crippen LogP contribution in [0.1, 0.15) is 28.8 Å². The number of sulfonamides is 1. The highest BCUT2D eigenvalue weighted by molar-refractivity contribution is 7.92. The van der Waals surface area contributed by atoms with Crippen LogP contribution in [0.3, 0.4) is 0 Å². The van der Waals surface area contributed by atoms with Gasteiger partial charge < -0.3 is 19.3 Å². The summed E-state index contributed by atoms with van der Waals surface area (Å²) in [5.74, 6) is -1.58. The van der Waals surface area contributed by atoms with Crippen molar-refractivity contribution in [2.24, 2.45) is 0 Å². The summed E-state index contributed by atoms with van der Waals surface area (Å²) in [5, 5.41) is 9.57. The molecule has 2 aromatic carbocycles. The van der Waals surface area contributed by atoms with Gasteiger partial charge in [0.15, 0.2) is 0 Å². The van der Waals surface area contributed by atoms with Crippen LogP contribution in [-0.4, -0.2) is 54.5 Å². The Morgan fingerprint density at radius 1 is 1.23 bits per heavy atom. The van der Waals surface area contributed by atoms with E-state index in [0.29, 0.717) is 29.3 Å². The van der Waals surface area contributed by atoms with Crippen LogP contribution in [0, 0.1) is 12.7 Å². The van der Waals surface area contributed by atoms with Crippen molar-refractivity contribution < 1.29 is 27.4 Å². The van der Waals surface area contributed by atoms with Gasteiger partial charge in [0.2, 0.25) is 21.3 Å². The second-order valence-electron chi connectivity index (χ2n) is 9.71. The molecule has 4 aromatic rings. The van der Waals surface area contributed by atoms with Crippen LogP contribution in [0.4, 0.5) is 15.8 Å². The number of fused-ring (bicyclic) bond motifs is 1. The topological polar surface area (TPSA) is 131 Å². The highest BCUT2D eigenvalue weighted by Gasteiger charge is 2.29. The molecule has 0 bridgehead atoms. The Bertz CT molecular complexity index is 1770. The molecule has 1 saturated heterocycles. The molecule has 10 nitrogen and oxygen atoms in total. The summed E-state index contributed by atoms with van der Waals surface area (Å²) >= 11 is 0. The first-order chi connectivity index (χ1) is 19.0. The van der Waals surface area contributed by atoms with Gasteiger partial charge in [0.05, 0.1) is 23.5 Å². The Morgan fingerprint density at radius 2 is 1.98 bits per heavy atom. The fourth-order valence-electron chi connectivity index (χ4n) is 4.95. The minimum Gasteiger partial charge on any atom is -0.477 e. The fraction of sp³-hybridized carbons (Fsp3) is 0.250. The number of aromatic nitrogens is 2. The van der Waals surface area contributed by atoms with Crippen molar-refractivity contribution in [3.05, 3.63) is 88.1 Å². The predicted molar refractivity (Wildman–Crippen MR) is 150 cm³/mol. The Hall–Kier alpha value is -4.45. The van der Waals surface area contributed by atoms with Crippen LogP contribution in [0.15, 0.2) is 65.7 Å². The summed E-state index contributed by atoms with van der Waals surface area (Å²) in [5.41, 5.74) is 0.911. The number of nitrogens with one attached hydrogen (secondary N) is 1. The summed E-state index contributed by atoms with van der Waals surface area (Å²) in [7, 11) is -3.50. The molecule has 1 aliphatic rings. The third kappa shape index (κ3) is 5.48. The highest BCUT2D eigenvalue weighted by atomic mass is 32.2. The molecule has 0 aliphatic carbocycles. The van der Waals surface area contributed by atoms with E-state index in [-0.39, 0.29) is 23.7 Å². The summed E-state index contributed by atoms with van der Waals surface area (Å²) in [4.78, 5) is 31.0. The van der Waals surface area contributed by atoms with Crippen LogP contribution in [-0.2, 0) is 10.0 Å². The lowest BCUT2D eigenvalue weighted by Gasteiger charge is -2.28. The molecule has 3 heterocycles.